The molecule has 1 rings (SSSR count). The van der Waals surface area contributed by atoms with Gasteiger partial charge >= 0.3 is 5.97 Å². The van der Waals surface area contributed by atoms with Gasteiger partial charge in [-0.2, -0.15) is 0 Å². The van der Waals surface area contributed by atoms with E-state index in [-0.39, 0.29) is 0 Å². The molecule has 0 aromatic heterocycles. The first kappa shape index (κ1) is 11.8. The summed E-state index contributed by atoms with van der Waals surface area (Å²) in [5, 5.41) is -0.734. The molecule has 0 aliphatic heterocycles. The second-order valence-electron chi connectivity index (χ2n) is 3.45. The van der Waals surface area contributed by atoms with E-state index in [2.05, 4.69) is 0 Å². The monoisotopic (exact) mass is 240 g/mol. The van der Waals surface area contributed by atoms with E-state index in [4.69, 9.17) is 15.4 Å². The predicted molar refractivity (Wildman–Crippen MR) is 52.6 cm³/mol. The molecule has 0 spiro atoms. The van der Waals surface area contributed by atoms with Crippen molar-refractivity contribution in [3.8, 4) is 0 Å². The molecule has 1 fully saturated rings. The SMILES string of the molecule is CC(=O)OC1CCCCC1S(=O)(=O)Cl. The quantitative estimate of drug-likeness (QED) is 0.541. The fraction of sp³-hybridized carbons (Fsp3) is 0.875. The molecule has 0 N–H and O–H groups in total. The summed E-state index contributed by atoms with van der Waals surface area (Å²) in [7, 11) is 1.65. The van der Waals surface area contributed by atoms with Crippen LogP contribution in [-0.2, 0) is 18.6 Å². The highest BCUT2D eigenvalue weighted by atomic mass is 35.7. The molecule has 0 radical (unpaired) electrons. The van der Waals surface area contributed by atoms with Gasteiger partial charge in [0.25, 0.3) is 0 Å². The fourth-order valence-electron chi connectivity index (χ4n) is 1.73. The van der Waals surface area contributed by atoms with E-state index in [1.807, 2.05) is 0 Å². The third-order valence-electron chi connectivity index (χ3n) is 2.32. The summed E-state index contributed by atoms with van der Waals surface area (Å²) in [4.78, 5) is 10.7. The van der Waals surface area contributed by atoms with Crippen LogP contribution in [0.25, 0.3) is 0 Å². The summed E-state index contributed by atoms with van der Waals surface area (Å²) in [6, 6.07) is 0. The smallest absolute Gasteiger partial charge is 0.302 e. The normalized spacial score (nSPS) is 28.4. The number of esters is 1. The molecule has 2 atom stereocenters. The molecule has 0 aromatic rings. The highest BCUT2D eigenvalue weighted by molar-refractivity contribution is 8.14. The van der Waals surface area contributed by atoms with Crippen molar-refractivity contribution in [2.75, 3.05) is 0 Å². The summed E-state index contributed by atoms with van der Waals surface area (Å²) in [6.45, 7) is 1.27. The highest BCUT2D eigenvalue weighted by Crippen LogP contribution is 2.28. The maximum atomic E-state index is 11.2. The number of hydrogen-bond acceptors (Lipinski definition) is 4. The minimum absolute atomic E-state index is 0.456. The molecule has 1 aliphatic rings. The van der Waals surface area contributed by atoms with Crippen LogP contribution >= 0.6 is 10.7 Å². The molecule has 0 aromatic carbocycles. The zero-order valence-corrected chi connectivity index (χ0v) is 9.47. The first-order valence-corrected chi connectivity index (χ1v) is 6.89. The van der Waals surface area contributed by atoms with E-state index in [0.29, 0.717) is 12.8 Å². The molecule has 6 heteroatoms. The van der Waals surface area contributed by atoms with E-state index in [1.165, 1.54) is 6.92 Å². The van der Waals surface area contributed by atoms with Gasteiger partial charge < -0.3 is 4.74 Å². The minimum Gasteiger partial charge on any atom is -0.461 e. The Kier molecular flexibility index (Phi) is 3.78. The van der Waals surface area contributed by atoms with E-state index >= 15 is 0 Å². The van der Waals surface area contributed by atoms with Crippen molar-refractivity contribution in [2.45, 2.75) is 44.0 Å². The van der Waals surface area contributed by atoms with Crippen molar-refractivity contribution < 1.29 is 17.9 Å². The van der Waals surface area contributed by atoms with Crippen LogP contribution in [0.5, 0.6) is 0 Å². The van der Waals surface area contributed by atoms with Gasteiger partial charge in [-0.3, -0.25) is 4.79 Å². The summed E-state index contributed by atoms with van der Waals surface area (Å²) >= 11 is 0. The summed E-state index contributed by atoms with van der Waals surface area (Å²) in [6.07, 6.45) is 2.18. The maximum absolute atomic E-state index is 11.2. The van der Waals surface area contributed by atoms with Crippen molar-refractivity contribution >= 4 is 25.7 Å². The Bertz CT molecular complexity index is 311. The maximum Gasteiger partial charge on any atom is 0.302 e. The van der Waals surface area contributed by atoms with Crippen LogP contribution in [-0.4, -0.2) is 25.7 Å². The van der Waals surface area contributed by atoms with Crippen molar-refractivity contribution in [3.63, 3.8) is 0 Å². The molecule has 1 saturated carbocycles. The molecule has 82 valence electrons. The number of ether oxygens (including phenoxy) is 1. The van der Waals surface area contributed by atoms with Gasteiger partial charge in [0.1, 0.15) is 11.4 Å². The first-order chi connectivity index (χ1) is 6.41. The largest absolute Gasteiger partial charge is 0.461 e. The van der Waals surface area contributed by atoms with Crippen molar-refractivity contribution in [1.29, 1.82) is 0 Å². The Morgan fingerprint density at radius 2 is 1.93 bits per heavy atom. The lowest BCUT2D eigenvalue weighted by atomic mass is 9.97. The van der Waals surface area contributed by atoms with Gasteiger partial charge in [0.15, 0.2) is 0 Å². The van der Waals surface area contributed by atoms with Gasteiger partial charge in [-0.05, 0) is 19.3 Å². The lowest BCUT2D eigenvalue weighted by Crippen LogP contribution is -2.37. The average molecular weight is 241 g/mol. The van der Waals surface area contributed by atoms with Crippen molar-refractivity contribution in [3.05, 3.63) is 0 Å². The fourth-order valence-corrected chi connectivity index (χ4v) is 3.35. The molecule has 0 heterocycles. The molecule has 2 unspecified atom stereocenters. The molecule has 0 amide bonds. The Balaban J connectivity index is 2.74. The standard InChI is InChI=1S/C8H13ClO4S/c1-6(10)13-7-4-2-3-5-8(7)14(9,11)12/h7-8H,2-5H2,1H3. The summed E-state index contributed by atoms with van der Waals surface area (Å²) in [5.74, 6) is -0.456. The topological polar surface area (TPSA) is 60.4 Å². The Labute approximate surface area is 88.0 Å². The second kappa shape index (κ2) is 4.49. The van der Waals surface area contributed by atoms with Gasteiger partial charge in [-0.25, -0.2) is 8.42 Å². The van der Waals surface area contributed by atoms with Gasteiger partial charge in [-0.1, -0.05) is 6.42 Å². The van der Waals surface area contributed by atoms with Crippen molar-refractivity contribution in [1.82, 2.24) is 0 Å². The predicted octanol–water partition coefficient (Wildman–Crippen LogP) is 1.43. The van der Waals surface area contributed by atoms with Crippen LogP contribution in [0.4, 0.5) is 0 Å². The van der Waals surface area contributed by atoms with Gasteiger partial charge in [0.2, 0.25) is 9.05 Å². The zero-order valence-electron chi connectivity index (χ0n) is 7.90. The Hall–Kier alpha value is -0.290. The zero-order chi connectivity index (χ0) is 10.8. The van der Waals surface area contributed by atoms with E-state index in [0.717, 1.165) is 12.8 Å². The first-order valence-electron chi connectivity index (χ1n) is 4.52. The molecule has 14 heavy (non-hydrogen) atoms. The number of carbonyl (C=O) groups is 1. The molecule has 1 aliphatic carbocycles. The summed E-state index contributed by atoms with van der Waals surface area (Å²) < 4.78 is 27.2. The average Bonchev–Trinajstić information content (AvgIpc) is 2.01. The summed E-state index contributed by atoms with van der Waals surface area (Å²) in [5.41, 5.74) is 0. The Morgan fingerprint density at radius 3 is 2.43 bits per heavy atom. The van der Waals surface area contributed by atoms with Gasteiger partial charge in [0.05, 0.1) is 0 Å². The van der Waals surface area contributed by atoms with Crippen LogP contribution in [0.1, 0.15) is 32.6 Å². The highest BCUT2D eigenvalue weighted by Gasteiger charge is 2.36. The molecular formula is C8H13ClO4S. The van der Waals surface area contributed by atoms with Crippen LogP contribution in [0.15, 0.2) is 0 Å². The number of carbonyl (C=O) groups excluding carboxylic acids is 1. The molecule has 4 nitrogen and oxygen atoms in total. The number of hydrogen-bond donors (Lipinski definition) is 0. The van der Waals surface area contributed by atoms with Crippen LogP contribution in [0.2, 0.25) is 0 Å². The third-order valence-corrected chi connectivity index (χ3v) is 4.27. The van der Waals surface area contributed by atoms with E-state index in [9.17, 15) is 13.2 Å². The third kappa shape index (κ3) is 3.13. The molecule has 0 bridgehead atoms. The van der Waals surface area contributed by atoms with Gasteiger partial charge in [0, 0.05) is 17.6 Å². The molecular weight excluding hydrogens is 228 g/mol. The van der Waals surface area contributed by atoms with Crippen LogP contribution in [0.3, 0.4) is 0 Å². The number of rotatable bonds is 2. The van der Waals surface area contributed by atoms with Crippen molar-refractivity contribution in [2.24, 2.45) is 0 Å². The van der Waals surface area contributed by atoms with E-state index in [1.54, 1.807) is 0 Å². The lowest BCUT2D eigenvalue weighted by molar-refractivity contribution is -0.147. The van der Waals surface area contributed by atoms with Gasteiger partial charge in [-0.15, -0.1) is 0 Å². The van der Waals surface area contributed by atoms with E-state index < -0.39 is 26.4 Å². The van der Waals surface area contributed by atoms with Crippen LogP contribution in [0, 0.1) is 0 Å². The number of halogens is 1. The lowest BCUT2D eigenvalue weighted by Gasteiger charge is -2.28. The van der Waals surface area contributed by atoms with Crippen LogP contribution < -0.4 is 0 Å². The second-order valence-corrected chi connectivity index (χ2v) is 6.29. The minimum atomic E-state index is -3.63. The Morgan fingerprint density at radius 1 is 1.36 bits per heavy atom. The molecule has 0 saturated heterocycles.